The highest BCUT2D eigenvalue weighted by Gasteiger charge is 2.20. The van der Waals surface area contributed by atoms with E-state index in [0.717, 1.165) is 12.8 Å². The van der Waals surface area contributed by atoms with E-state index in [1.54, 1.807) is 6.92 Å². The lowest BCUT2D eigenvalue weighted by atomic mass is 9.96. The maximum absolute atomic E-state index is 9.00. The molecule has 0 radical (unpaired) electrons. The molecule has 3 N–H and O–H groups in total. The third-order valence-corrected chi connectivity index (χ3v) is 2.07. The first-order chi connectivity index (χ1) is 5.04. The minimum Gasteiger partial charge on any atom is -0.394 e. The van der Waals surface area contributed by atoms with Crippen LogP contribution in [0.1, 0.15) is 26.7 Å². The normalized spacial score (nSPS) is 19.4. The molecule has 11 heavy (non-hydrogen) atoms. The molecule has 0 saturated carbocycles. The van der Waals surface area contributed by atoms with Gasteiger partial charge in [0, 0.05) is 5.54 Å². The molecule has 0 heterocycles. The summed E-state index contributed by atoms with van der Waals surface area (Å²) in [6.07, 6.45) is 1.23. The number of hydrogen-bond acceptors (Lipinski definition) is 3. The van der Waals surface area contributed by atoms with Gasteiger partial charge in [0.2, 0.25) is 0 Å². The summed E-state index contributed by atoms with van der Waals surface area (Å²) < 4.78 is 0. The van der Waals surface area contributed by atoms with E-state index in [-0.39, 0.29) is 18.2 Å². The predicted molar refractivity (Wildman–Crippen MR) is 45.5 cm³/mol. The van der Waals surface area contributed by atoms with Crippen LogP contribution in [0.15, 0.2) is 0 Å². The van der Waals surface area contributed by atoms with Gasteiger partial charge in [0.1, 0.15) is 0 Å². The summed E-state index contributed by atoms with van der Waals surface area (Å²) in [4.78, 5) is 0. The van der Waals surface area contributed by atoms with Gasteiger partial charge in [0.05, 0.1) is 12.7 Å². The van der Waals surface area contributed by atoms with Crippen molar-refractivity contribution in [1.29, 1.82) is 0 Å². The van der Waals surface area contributed by atoms with Gasteiger partial charge in [0.25, 0.3) is 0 Å². The fourth-order valence-electron chi connectivity index (χ4n) is 0.811. The molecule has 2 atom stereocenters. The second-order valence-electron chi connectivity index (χ2n) is 3.36. The molecule has 0 aliphatic rings. The van der Waals surface area contributed by atoms with E-state index < -0.39 is 0 Å². The van der Waals surface area contributed by atoms with Crippen molar-refractivity contribution >= 4 is 0 Å². The van der Waals surface area contributed by atoms with Crippen LogP contribution in [-0.4, -0.2) is 35.5 Å². The third kappa shape index (κ3) is 4.35. The van der Waals surface area contributed by atoms with Crippen LogP contribution in [-0.2, 0) is 0 Å². The van der Waals surface area contributed by atoms with Gasteiger partial charge in [-0.1, -0.05) is 0 Å². The lowest BCUT2D eigenvalue weighted by Crippen LogP contribution is -2.43. The van der Waals surface area contributed by atoms with Crippen molar-refractivity contribution < 1.29 is 10.2 Å². The Hall–Kier alpha value is -0.120. The average Bonchev–Trinajstić information content (AvgIpc) is 2.00. The van der Waals surface area contributed by atoms with Crippen LogP contribution in [0.5, 0.6) is 0 Å². The topological polar surface area (TPSA) is 52.5 Å². The summed E-state index contributed by atoms with van der Waals surface area (Å²) in [6.45, 7) is 3.80. The van der Waals surface area contributed by atoms with Gasteiger partial charge in [-0.05, 0) is 33.7 Å². The first kappa shape index (κ1) is 10.9. The molecule has 0 spiro atoms. The molecule has 3 heteroatoms. The van der Waals surface area contributed by atoms with E-state index >= 15 is 0 Å². The predicted octanol–water partition coefficient (Wildman–Crippen LogP) is 0.118. The van der Waals surface area contributed by atoms with E-state index in [9.17, 15) is 0 Å². The van der Waals surface area contributed by atoms with Crippen molar-refractivity contribution in [3.8, 4) is 0 Å². The van der Waals surface area contributed by atoms with Gasteiger partial charge in [-0.3, -0.25) is 0 Å². The lowest BCUT2D eigenvalue weighted by Gasteiger charge is -2.27. The Kier molecular flexibility index (Phi) is 4.65. The monoisotopic (exact) mass is 161 g/mol. The summed E-state index contributed by atoms with van der Waals surface area (Å²) >= 11 is 0. The molecule has 0 aliphatic carbocycles. The number of rotatable bonds is 5. The smallest absolute Gasteiger partial charge is 0.0610 e. The van der Waals surface area contributed by atoms with E-state index in [0.29, 0.717) is 0 Å². The highest BCUT2D eigenvalue weighted by atomic mass is 16.3. The maximum Gasteiger partial charge on any atom is 0.0610 e. The number of likely N-dealkylation sites (N-methyl/N-ethyl adjacent to an activating group) is 1. The van der Waals surface area contributed by atoms with Gasteiger partial charge in [-0.15, -0.1) is 0 Å². The SMILES string of the molecule is CNC(C)(CO)CCC(C)O. The zero-order valence-electron chi connectivity index (χ0n) is 7.59. The zero-order chi connectivity index (χ0) is 8.91. The van der Waals surface area contributed by atoms with E-state index in [2.05, 4.69) is 5.32 Å². The standard InChI is InChI=1S/C8H19NO2/c1-7(11)4-5-8(2,6-10)9-3/h7,9-11H,4-6H2,1-3H3. The van der Waals surface area contributed by atoms with Gasteiger partial charge in [0.15, 0.2) is 0 Å². The Balaban J connectivity index is 3.69. The van der Waals surface area contributed by atoms with Gasteiger partial charge in [-0.25, -0.2) is 0 Å². The largest absolute Gasteiger partial charge is 0.394 e. The molecule has 0 aromatic carbocycles. The van der Waals surface area contributed by atoms with Crippen LogP contribution in [0.4, 0.5) is 0 Å². The summed E-state index contributed by atoms with van der Waals surface area (Å²) in [5.74, 6) is 0. The van der Waals surface area contributed by atoms with Crippen molar-refractivity contribution in [3.63, 3.8) is 0 Å². The zero-order valence-corrected chi connectivity index (χ0v) is 7.59. The molecular weight excluding hydrogens is 142 g/mol. The Labute approximate surface area is 68.4 Å². The first-order valence-electron chi connectivity index (χ1n) is 4.02. The molecule has 0 fully saturated rings. The van der Waals surface area contributed by atoms with Gasteiger partial charge < -0.3 is 15.5 Å². The molecule has 0 aromatic heterocycles. The highest BCUT2D eigenvalue weighted by Crippen LogP contribution is 2.12. The van der Waals surface area contributed by atoms with Crippen molar-refractivity contribution in [2.75, 3.05) is 13.7 Å². The fraction of sp³-hybridized carbons (Fsp3) is 1.00. The number of aliphatic hydroxyl groups is 2. The van der Waals surface area contributed by atoms with Gasteiger partial charge in [-0.2, -0.15) is 0 Å². The summed E-state index contributed by atoms with van der Waals surface area (Å²) in [5.41, 5.74) is -0.239. The third-order valence-electron chi connectivity index (χ3n) is 2.07. The molecule has 0 aliphatic heterocycles. The second-order valence-corrected chi connectivity index (χ2v) is 3.36. The fourth-order valence-corrected chi connectivity index (χ4v) is 0.811. The number of nitrogens with one attached hydrogen (secondary N) is 1. The molecule has 0 aromatic rings. The Bertz CT molecular complexity index is 100. The van der Waals surface area contributed by atoms with E-state index in [1.165, 1.54) is 0 Å². The second kappa shape index (κ2) is 4.70. The molecular formula is C8H19NO2. The molecule has 0 amide bonds. The van der Waals surface area contributed by atoms with Crippen LogP contribution in [0.2, 0.25) is 0 Å². The van der Waals surface area contributed by atoms with Crippen molar-refractivity contribution in [1.82, 2.24) is 5.32 Å². The van der Waals surface area contributed by atoms with Crippen LogP contribution >= 0.6 is 0 Å². The quantitative estimate of drug-likeness (QED) is 0.537. The summed E-state index contributed by atoms with van der Waals surface area (Å²) in [5, 5.41) is 21.0. The molecule has 2 unspecified atom stereocenters. The minimum atomic E-state index is -0.283. The number of aliphatic hydroxyl groups excluding tert-OH is 2. The first-order valence-corrected chi connectivity index (χ1v) is 4.02. The van der Waals surface area contributed by atoms with Crippen LogP contribution in [0, 0.1) is 0 Å². The molecule has 68 valence electrons. The van der Waals surface area contributed by atoms with Crippen LogP contribution < -0.4 is 5.32 Å². The van der Waals surface area contributed by atoms with Crippen LogP contribution in [0.25, 0.3) is 0 Å². The highest BCUT2D eigenvalue weighted by molar-refractivity contribution is 4.80. The van der Waals surface area contributed by atoms with Crippen molar-refractivity contribution in [2.24, 2.45) is 0 Å². The summed E-state index contributed by atoms with van der Waals surface area (Å²) in [7, 11) is 1.82. The minimum absolute atomic E-state index is 0.107. The van der Waals surface area contributed by atoms with Gasteiger partial charge >= 0.3 is 0 Å². The molecule has 3 nitrogen and oxygen atoms in total. The molecule has 0 saturated heterocycles. The lowest BCUT2D eigenvalue weighted by molar-refractivity contribution is 0.133. The Morgan fingerprint density at radius 3 is 2.36 bits per heavy atom. The average molecular weight is 161 g/mol. The van der Waals surface area contributed by atoms with E-state index in [1.807, 2.05) is 14.0 Å². The molecule has 0 rings (SSSR count). The van der Waals surface area contributed by atoms with E-state index in [4.69, 9.17) is 10.2 Å². The van der Waals surface area contributed by atoms with Crippen molar-refractivity contribution in [3.05, 3.63) is 0 Å². The Morgan fingerprint density at radius 1 is 1.55 bits per heavy atom. The van der Waals surface area contributed by atoms with Crippen molar-refractivity contribution in [2.45, 2.75) is 38.3 Å². The molecule has 0 bridgehead atoms. The number of hydrogen-bond donors (Lipinski definition) is 3. The summed E-state index contributed by atoms with van der Waals surface area (Å²) in [6, 6.07) is 0. The Morgan fingerprint density at radius 2 is 2.09 bits per heavy atom. The maximum atomic E-state index is 9.00. The van der Waals surface area contributed by atoms with Crippen LogP contribution in [0.3, 0.4) is 0 Å².